The number of hydrogen-bond donors (Lipinski definition) is 0. The third kappa shape index (κ3) is 5.20. The first-order chi connectivity index (χ1) is 18.2. The van der Waals surface area contributed by atoms with Crippen molar-refractivity contribution in [1.29, 1.82) is 0 Å². The van der Waals surface area contributed by atoms with Crippen molar-refractivity contribution in [1.82, 2.24) is 19.8 Å². The van der Waals surface area contributed by atoms with E-state index < -0.39 is 0 Å². The van der Waals surface area contributed by atoms with Crippen LogP contribution in [0.5, 0.6) is 5.75 Å². The van der Waals surface area contributed by atoms with Gasteiger partial charge in [-0.25, -0.2) is 9.97 Å². The van der Waals surface area contributed by atoms with E-state index in [1.165, 1.54) is 5.56 Å². The van der Waals surface area contributed by atoms with E-state index in [1.54, 1.807) is 18.7 Å². The largest absolute Gasteiger partial charge is 0.491 e. The van der Waals surface area contributed by atoms with Gasteiger partial charge < -0.3 is 19.0 Å². The number of furan rings is 1. The van der Waals surface area contributed by atoms with Gasteiger partial charge >= 0.3 is 0 Å². The quantitative estimate of drug-likeness (QED) is 0.413. The molecule has 0 bridgehead atoms. The molecule has 0 spiro atoms. The smallest absolute Gasteiger partial charge is 0.254 e. The van der Waals surface area contributed by atoms with E-state index in [2.05, 4.69) is 31.9 Å². The van der Waals surface area contributed by atoms with Crippen LogP contribution in [0.2, 0.25) is 0 Å². The first-order valence-electron chi connectivity index (χ1n) is 12.6. The molecule has 0 atom stereocenters. The number of carbonyl (C=O) groups is 1. The molecule has 4 aromatic rings. The van der Waals surface area contributed by atoms with Gasteiger partial charge in [-0.2, -0.15) is 0 Å². The minimum absolute atomic E-state index is 0.00657. The van der Waals surface area contributed by atoms with Gasteiger partial charge in [0.05, 0.1) is 12.8 Å². The van der Waals surface area contributed by atoms with E-state index in [1.807, 2.05) is 53.4 Å². The van der Waals surface area contributed by atoms with Crippen LogP contribution in [0, 0.1) is 0 Å². The lowest BCUT2D eigenvalue weighted by Gasteiger charge is -2.34. The van der Waals surface area contributed by atoms with Crippen LogP contribution in [-0.4, -0.2) is 65.0 Å². The average molecular weight is 496 g/mol. The number of benzene rings is 2. The van der Waals surface area contributed by atoms with Crippen LogP contribution in [0.4, 0.5) is 5.95 Å². The van der Waals surface area contributed by atoms with Crippen LogP contribution < -0.4 is 9.64 Å². The number of piperazine rings is 1. The Bertz CT molecular complexity index is 1330. The summed E-state index contributed by atoms with van der Waals surface area (Å²) < 4.78 is 11.5. The molecule has 0 aliphatic carbocycles. The van der Waals surface area contributed by atoms with Crippen molar-refractivity contribution < 1.29 is 13.9 Å². The van der Waals surface area contributed by atoms with Gasteiger partial charge in [-0.05, 0) is 48.0 Å². The molecule has 2 aromatic heterocycles. The fraction of sp³-hybridized carbons (Fsp3) is 0.276. The topological polar surface area (TPSA) is 74.9 Å². The Balaban J connectivity index is 1.11. The zero-order valence-corrected chi connectivity index (χ0v) is 20.6. The van der Waals surface area contributed by atoms with Crippen molar-refractivity contribution >= 4 is 11.9 Å². The van der Waals surface area contributed by atoms with Crippen molar-refractivity contribution in [2.75, 3.05) is 44.2 Å². The maximum absolute atomic E-state index is 13.3. The van der Waals surface area contributed by atoms with Gasteiger partial charge in [0.15, 0.2) is 0 Å². The van der Waals surface area contributed by atoms with E-state index in [-0.39, 0.29) is 5.91 Å². The molecule has 2 aliphatic heterocycles. The Morgan fingerprint density at radius 2 is 1.70 bits per heavy atom. The fourth-order valence-electron chi connectivity index (χ4n) is 4.94. The van der Waals surface area contributed by atoms with Gasteiger partial charge in [-0.3, -0.25) is 9.69 Å². The lowest BCUT2D eigenvalue weighted by atomic mass is 10.1. The molecular formula is C29H29N5O3. The molecule has 0 N–H and O–H groups in total. The molecule has 4 heterocycles. The van der Waals surface area contributed by atoms with E-state index >= 15 is 0 Å². The number of aromatic nitrogens is 2. The molecule has 1 fully saturated rings. The van der Waals surface area contributed by atoms with Crippen LogP contribution in [0.15, 0.2) is 83.7 Å². The number of nitrogens with zero attached hydrogens (tertiary/aromatic N) is 5. The molecule has 1 saturated heterocycles. The minimum Gasteiger partial charge on any atom is -0.491 e. The third-order valence-electron chi connectivity index (χ3n) is 6.94. The number of hydrogen-bond acceptors (Lipinski definition) is 7. The zero-order valence-electron chi connectivity index (χ0n) is 20.6. The summed E-state index contributed by atoms with van der Waals surface area (Å²) in [6.45, 7) is 6.12. The number of amides is 1. The zero-order chi connectivity index (χ0) is 25.0. The SMILES string of the molecule is O=C(c1ccc(-c2ccco2)cc1)N1CCOc2ccc(CN3CCN(c4ncccn4)CC3)cc2C1. The predicted octanol–water partition coefficient (Wildman–Crippen LogP) is 4.09. The summed E-state index contributed by atoms with van der Waals surface area (Å²) in [6, 6.07) is 19.6. The molecule has 37 heavy (non-hydrogen) atoms. The molecule has 8 heteroatoms. The van der Waals surface area contributed by atoms with Crippen molar-refractivity contribution in [3.8, 4) is 17.1 Å². The Morgan fingerprint density at radius 3 is 2.46 bits per heavy atom. The highest BCUT2D eigenvalue weighted by Gasteiger charge is 2.23. The lowest BCUT2D eigenvalue weighted by molar-refractivity contribution is 0.0733. The highest BCUT2D eigenvalue weighted by Crippen LogP contribution is 2.27. The molecule has 0 unspecified atom stereocenters. The summed E-state index contributed by atoms with van der Waals surface area (Å²) in [6.07, 6.45) is 5.23. The van der Waals surface area contributed by atoms with Gasteiger partial charge in [-0.1, -0.05) is 18.2 Å². The molecule has 0 radical (unpaired) electrons. The van der Waals surface area contributed by atoms with Gasteiger partial charge in [0, 0.05) is 68.4 Å². The molecule has 2 aromatic carbocycles. The number of carbonyl (C=O) groups excluding carboxylic acids is 1. The van der Waals surface area contributed by atoms with Gasteiger partial charge in [0.2, 0.25) is 5.95 Å². The third-order valence-corrected chi connectivity index (χ3v) is 6.94. The normalized spacial score (nSPS) is 16.1. The fourth-order valence-corrected chi connectivity index (χ4v) is 4.94. The monoisotopic (exact) mass is 495 g/mol. The van der Waals surface area contributed by atoms with E-state index in [4.69, 9.17) is 9.15 Å². The molecule has 188 valence electrons. The molecular weight excluding hydrogens is 466 g/mol. The van der Waals surface area contributed by atoms with E-state index in [0.29, 0.717) is 25.3 Å². The molecule has 1 amide bonds. The molecule has 0 saturated carbocycles. The van der Waals surface area contributed by atoms with Gasteiger partial charge in [-0.15, -0.1) is 0 Å². The highest BCUT2D eigenvalue weighted by atomic mass is 16.5. The number of anilines is 1. The summed E-state index contributed by atoms with van der Waals surface area (Å²) in [5.41, 5.74) is 3.89. The Labute approximate surface area is 216 Å². The molecule has 8 nitrogen and oxygen atoms in total. The van der Waals surface area contributed by atoms with Crippen LogP contribution in [-0.2, 0) is 13.1 Å². The van der Waals surface area contributed by atoms with Crippen LogP contribution in [0.1, 0.15) is 21.5 Å². The maximum atomic E-state index is 13.3. The first kappa shape index (κ1) is 23.2. The number of ether oxygens (including phenoxy) is 1. The summed E-state index contributed by atoms with van der Waals surface area (Å²) in [4.78, 5) is 28.6. The molecule has 2 aliphatic rings. The van der Waals surface area contributed by atoms with Crippen LogP contribution >= 0.6 is 0 Å². The highest BCUT2D eigenvalue weighted by molar-refractivity contribution is 5.94. The van der Waals surface area contributed by atoms with Crippen LogP contribution in [0.25, 0.3) is 11.3 Å². The summed E-state index contributed by atoms with van der Waals surface area (Å²) in [5, 5.41) is 0. The minimum atomic E-state index is 0.00657. The van der Waals surface area contributed by atoms with E-state index in [9.17, 15) is 4.79 Å². The van der Waals surface area contributed by atoms with Crippen LogP contribution in [0.3, 0.4) is 0 Å². The lowest BCUT2D eigenvalue weighted by Crippen LogP contribution is -2.46. The number of fused-ring (bicyclic) bond motifs is 1. The second-order valence-electron chi connectivity index (χ2n) is 9.38. The van der Waals surface area contributed by atoms with E-state index in [0.717, 1.165) is 61.3 Å². The molecule has 6 rings (SSSR count). The van der Waals surface area contributed by atoms with Gasteiger partial charge in [0.25, 0.3) is 5.91 Å². The summed E-state index contributed by atoms with van der Waals surface area (Å²) in [5.74, 6) is 2.45. The first-order valence-corrected chi connectivity index (χ1v) is 12.6. The van der Waals surface area contributed by atoms with Crippen molar-refractivity contribution in [3.63, 3.8) is 0 Å². The summed E-state index contributed by atoms with van der Waals surface area (Å²) >= 11 is 0. The Kier molecular flexibility index (Phi) is 6.56. The second-order valence-corrected chi connectivity index (χ2v) is 9.38. The Hall–Kier alpha value is -4.17. The standard InChI is InChI=1S/C29H29N5O3/c35-28(24-7-5-23(6-8-24)26-3-1-17-36-26)34-16-18-37-27-9-4-22(19-25(27)21-34)20-32-12-14-33(15-13-32)29-30-10-2-11-31-29/h1-11,17,19H,12-16,18,20-21H2. The van der Waals surface area contributed by atoms with Crippen molar-refractivity contribution in [2.24, 2.45) is 0 Å². The number of rotatable bonds is 5. The average Bonchev–Trinajstić information content (AvgIpc) is 3.41. The van der Waals surface area contributed by atoms with Crippen molar-refractivity contribution in [3.05, 3.63) is 96.0 Å². The van der Waals surface area contributed by atoms with Gasteiger partial charge in [0.1, 0.15) is 18.1 Å². The second kappa shape index (κ2) is 10.4. The summed E-state index contributed by atoms with van der Waals surface area (Å²) in [7, 11) is 0. The maximum Gasteiger partial charge on any atom is 0.254 e. The Morgan fingerprint density at radius 1 is 0.892 bits per heavy atom. The van der Waals surface area contributed by atoms with Crippen molar-refractivity contribution in [2.45, 2.75) is 13.1 Å². The predicted molar refractivity (Wildman–Crippen MR) is 140 cm³/mol.